The fourth-order valence-corrected chi connectivity index (χ4v) is 3.61. The lowest BCUT2D eigenvalue weighted by Crippen LogP contribution is -2.49. The predicted molar refractivity (Wildman–Crippen MR) is 101 cm³/mol. The number of halogens is 3. The first kappa shape index (κ1) is 21.5. The van der Waals surface area contributed by atoms with E-state index in [-0.39, 0.29) is 37.7 Å². The van der Waals surface area contributed by atoms with Crippen LogP contribution in [0, 0.1) is 0 Å². The molecule has 3 N–H and O–H groups in total. The van der Waals surface area contributed by atoms with Gasteiger partial charge in [-0.05, 0) is 37.6 Å². The van der Waals surface area contributed by atoms with E-state index in [9.17, 15) is 22.8 Å². The summed E-state index contributed by atoms with van der Waals surface area (Å²) in [6, 6.07) is 3.11. The van der Waals surface area contributed by atoms with Crippen molar-refractivity contribution >= 4 is 23.2 Å². The van der Waals surface area contributed by atoms with Crippen molar-refractivity contribution in [1.29, 1.82) is 0 Å². The highest BCUT2D eigenvalue weighted by atomic mass is 19.4. The van der Waals surface area contributed by atoms with Crippen LogP contribution in [0.5, 0.6) is 0 Å². The van der Waals surface area contributed by atoms with E-state index in [0.29, 0.717) is 12.6 Å². The van der Waals surface area contributed by atoms with Gasteiger partial charge in [-0.15, -0.1) is 0 Å². The third-order valence-electron chi connectivity index (χ3n) is 5.15. The monoisotopic (exact) mass is 414 g/mol. The van der Waals surface area contributed by atoms with Crippen molar-refractivity contribution in [2.45, 2.75) is 38.0 Å². The molecule has 1 aromatic carbocycles. The molecule has 0 bridgehead atoms. The summed E-state index contributed by atoms with van der Waals surface area (Å²) >= 11 is 0. The molecule has 0 spiro atoms. The summed E-state index contributed by atoms with van der Waals surface area (Å²) in [5.41, 5.74) is 4.55. The molecule has 1 saturated carbocycles. The second kappa shape index (κ2) is 8.68. The SMILES string of the molecule is CCN(C1CC1)[C@@H](CN)C(=O)Nc1ccc(N2CCOCC2=O)c(C(F)(F)F)c1. The topological polar surface area (TPSA) is 87.9 Å². The lowest BCUT2D eigenvalue weighted by atomic mass is 10.1. The molecule has 0 aromatic heterocycles. The molecule has 160 valence electrons. The molecule has 7 nitrogen and oxygen atoms in total. The minimum absolute atomic E-state index is 0.0112. The number of carbonyl (C=O) groups is 2. The molecular formula is C19H25F3N4O3. The minimum atomic E-state index is -4.69. The average molecular weight is 414 g/mol. The molecule has 10 heteroatoms. The zero-order valence-electron chi connectivity index (χ0n) is 16.2. The quantitative estimate of drug-likeness (QED) is 0.711. The van der Waals surface area contributed by atoms with Crippen molar-refractivity contribution < 1.29 is 27.5 Å². The number of carbonyl (C=O) groups excluding carboxylic acids is 2. The number of nitrogens with two attached hydrogens (primary N) is 1. The van der Waals surface area contributed by atoms with E-state index < -0.39 is 29.6 Å². The van der Waals surface area contributed by atoms with Gasteiger partial charge in [0.2, 0.25) is 5.91 Å². The number of ether oxygens (including phenoxy) is 1. The van der Waals surface area contributed by atoms with Crippen LogP contribution in [-0.4, -0.2) is 61.6 Å². The average Bonchev–Trinajstić information content (AvgIpc) is 3.50. The van der Waals surface area contributed by atoms with E-state index in [1.807, 2.05) is 11.8 Å². The molecule has 29 heavy (non-hydrogen) atoms. The van der Waals surface area contributed by atoms with Crippen molar-refractivity contribution in [2.75, 3.05) is 43.1 Å². The van der Waals surface area contributed by atoms with Crippen LogP contribution < -0.4 is 16.0 Å². The third kappa shape index (κ3) is 4.88. The fourth-order valence-electron chi connectivity index (χ4n) is 3.61. The number of morpholine rings is 1. The van der Waals surface area contributed by atoms with E-state index in [1.54, 1.807) is 0 Å². The van der Waals surface area contributed by atoms with E-state index in [1.165, 1.54) is 12.1 Å². The molecule has 2 amide bonds. The molecule has 2 fully saturated rings. The van der Waals surface area contributed by atoms with E-state index in [2.05, 4.69) is 5.32 Å². The lowest BCUT2D eigenvalue weighted by Gasteiger charge is -2.30. The Hall–Kier alpha value is -2.17. The first-order valence-corrected chi connectivity index (χ1v) is 9.62. The first-order chi connectivity index (χ1) is 13.8. The van der Waals surface area contributed by atoms with Gasteiger partial charge in [-0.2, -0.15) is 13.2 Å². The van der Waals surface area contributed by atoms with Crippen LogP contribution >= 0.6 is 0 Å². The van der Waals surface area contributed by atoms with Crippen molar-refractivity contribution in [3.8, 4) is 0 Å². The third-order valence-corrected chi connectivity index (χ3v) is 5.15. The maximum absolute atomic E-state index is 13.7. The number of anilines is 2. The minimum Gasteiger partial charge on any atom is -0.370 e. The van der Waals surface area contributed by atoms with Crippen LogP contribution in [0.3, 0.4) is 0 Å². The van der Waals surface area contributed by atoms with Gasteiger partial charge in [-0.25, -0.2) is 0 Å². The van der Waals surface area contributed by atoms with Crippen LogP contribution in [0.25, 0.3) is 0 Å². The lowest BCUT2D eigenvalue weighted by molar-refractivity contribution is -0.137. The summed E-state index contributed by atoms with van der Waals surface area (Å²) in [5.74, 6) is -0.977. The van der Waals surface area contributed by atoms with E-state index in [0.717, 1.165) is 23.8 Å². The second-order valence-electron chi connectivity index (χ2n) is 7.13. The summed E-state index contributed by atoms with van der Waals surface area (Å²) < 4.78 is 46.0. The van der Waals surface area contributed by atoms with Gasteiger partial charge in [-0.1, -0.05) is 6.92 Å². The molecule has 0 radical (unpaired) electrons. The van der Waals surface area contributed by atoms with Crippen molar-refractivity contribution in [2.24, 2.45) is 5.73 Å². The Kier molecular flexibility index (Phi) is 6.45. The Morgan fingerprint density at radius 1 is 1.41 bits per heavy atom. The molecule has 2 aliphatic rings. The molecule has 1 aliphatic carbocycles. The highest BCUT2D eigenvalue weighted by Crippen LogP contribution is 2.39. The standard InChI is InChI=1S/C19H25F3N4O3/c1-2-25(13-4-5-13)16(10-23)18(28)24-12-3-6-15(14(9-12)19(20,21)22)26-7-8-29-11-17(26)27/h3,6,9,13,16H,2,4-5,7-8,10-11,23H2,1H3,(H,24,28)/t16-/m0/s1. The van der Waals surface area contributed by atoms with Crippen LogP contribution in [0.15, 0.2) is 18.2 Å². The largest absolute Gasteiger partial charge is 0.418 e. The number of hydrogen-bond acceptors (Lipinski definition) is 5. The number of benzene rings is 1. The van der Waals surface area contributed by atoms with Gasteiger partial charge in [-0.3, -0.25) is 14.5 Å². The highest BCUT2D eigenvalue weighted by Gasteiger charge is 2.38. The number of rotatable bonds is 7. The fraction of sp³-hybridized carbons (Fsp3) is 0.579. The summed E-state index contributed by atoms with van der Waals surface area (Å²) in [4.78, 5) is 27.7. The Morgan fingerprint density at radius 2 is 2.14 bits per heavy atom. The Morgan fingerprint density at radius 3 is 2.69 bits per heavy atom. The second-order valence-corrected chi connectivity index (χ2v) is 7.13. The molecule has 1 heterocycles. The van der Waals surface area contributed by atoms with Gasteiger partial charge in [0.1, 0.15) is 12.6 Å². The highest BCUT2D eigenvalue weighted by molar-refractivity contribution is 5.98. The maximum atomic E-state index is 13.7. The first-order valence-electron chi connectivity index (χ1n) is 9.62. The number of likely N-dealkylation sites (N-methyl/N-ethyl adjacent to an activating group) is 1. The molecule has 1 aliphatic heterocycles. The zero-order valence-corrected chi connectivity index (χ0v) is 16.2. The maximum Gasteiger partial charge on any atom is 0.418 e. The molecule has 0 unspecified atom stereocenters. The van der Waals surface area contributed by atoms with Crippen LogP contribution in [-0.2, 0) is 20.5 Å². The van der Waals surface area contributed by atoms with Crippen molar-refractivity contribution in [3.05, 3.63) is 23.8 Å². The van der Waals surface area contributed by atoms with E-state index in [4.69, 9.17) is 10.5 Å². The number of nitrogens with one attached hydrogen (secondary N) is 1. The number of hydrogen-bond donors (Lipinski definition) is 2. The number of alkyl halides is 3. The van der Waals surface area contributed by atoms with Gasteiger partial charge in [0.25, 0.3) is 5.91 Å². The Balaban J connectivity index is 1.84. The van der Waals surface area contributed by atoms with E-state index >= 15 is 0 Å². The Bertz CT molecular complexity index is 768. The van der Waals surface area contributed by atoms with Crippen LogP contribution in [0.4, 0.5) is 24.5 Å². The van der Waals surface area contributed by atoms with Crippen LogP contribution in [0.2, 0.25) is 0 Å². The molecule has 1 atom stereocenters. The number of amides is 2. The normalized spacial score (nSPS) is 18.8. The predicted octanol–water partition coefficient (Wildman–Crippen LogP) is 1.82. The van der Waals surface area contributed by atoms with Gasteiger partial charge in [0, 0.05) is 24.8 Å². The zero-order chi connectivity index (χ0) is 21.2. The molecule has 3 rings (SSSR count). The summed E-state index contributed by atoms with van der Waals surface area (Å²) in [6.07, 6.45) is -2.72. The van der Waals surface area contributed by atoms with Gasteiger partial charge >= 0.3 is 6.18 Å². The summed E-state index contributed by atoms with van der Waals surface area (Å²) in [5, 5.41) is 2.56. The molecule has 1 saturated heterocycles. The van der Waals surface area contributed by atoms with Gasteiger partial charge in [0.05, 0.1) is 17.9 Å². The number of nitrogens with zero attached hydrogens (tertiary/aromatic N) is 2. The molecule has 1 aromatic rings. The molecular weight excluding hydrogens is 389 g/mol. The smallest absolute Gasteiger partial charge is 0.370 e. The van der Waals surface area contributed by atoms with Gasteiger partial charge < -0.3 is 20.7 Å². The van der Waals surface area contributed by atoms with Crippen LogP contribution in [0.1, 0.15) is 25.3 Å². The summed E-state index contributed by atoms with van der Waals surface area (Å²) in [7, 11) is 0. The Labute approximate surface area is 167 Å². The van der Waals surface area contributed by atoms with Crippen molar-refractivity contribution in [3.63, 3.8) is 0 Å². The van der Waals surface area contributed by atoms with Gasteiger partial charge in [0.15, 0.2) is 0 Å². The summed E-state index contributed by atoms with van der Waals surface area (Å²) in [6.45, 7) is 2.56. The van der Waals surface area contributed by atoms with Crippen molar-refractivity contribution in [1.82, 2.24) is 4.90 Å².